The average molecular weight is 240 g/mol. The van der Waals surface area contributed by atoms with Crippen LogP contribution in [0.4, 0.5) is 0 Å². The lowest BCUT2D eigenvalue weighted by Gasteiger charge is -2.38. The van der Waals surface area contributed by atoms with Crippen molar-refractivity contribution in [3.8, 4) is 0 Å². The molecule has 0 aromatic carbocycles. The molecular formula is C14H28N2O. The number of piperidine rings is 1. The highest BCUT2D eigenvalue weighted by Crippen LogP contribution is 2.30. The Hall–Kier alpha value is -0.120. The third-order valence-corrected chi connectivity index (χ3v) is 4.81. The maximum atomic E-state index is 5.55. The van der Waals surface area contributed by atoms with Gasteiger partial charge in [0, 0.05) is 26.2 Å². The Morgan fingerprint density at radius 1 is 1.35 bits per heavy atom. The second-order valence-corrected chi connectivity index (χ2v) is 5.83. The Morgan fingerprint density at radius 2 is 2.24 bits per heavy atom. The lowest BCUT2D eigenvalue weighted by atomic mass is 9.78. The summed E-state index contributed by atoms with van der Waals surface area (Å²) in [5, 5.41) is 7.33. The van der Waals surface area contributed by atoms with E-state index in [0.717, 1.165) is 6.54 Å². The van der Waals surface area contributed by atoms with E-state index in [1.165, 1.54) is 51.6 Å². The summed E-state index contributed by atoms with van der Waals surface area (Å²) in [6.07, 6.45) is 8.24. The smallest absolute Gasteiger partial charge is 0.0724 e. The van der Waals surface area contributed by atoms with Gasteiger partial charge in [-0.2, -0.15) is 0 Å². The zero-order valence-corrected chi connectivity index (χ0v) is 11.4. The van der Waals surface area contributed by atoms with Gasteiger partial charge in [0.25, 0.3) is 0 Å². The Labute approximate surface area is 106 Å². The van der Waals surface area contributed by atoms with Gasteiger partial charge < -0.3 is 15.4 Å². The predicted octanol–water partition coefficient (Wildman–Crippen LogP) is 1.92. The summed E-state index contributed by atoms with van der Waals surface area (Å²) in [6, 6.07) is 0.588. The van der Waals surface area contributed by atoms with E-state index in [1.54, 1.807) is 0 Å². The van der Waals surface area contributed by atoms with Crippen LogP contribution >= 0.6 is 0 Å². The summed E-state index contributed by atoms with van der Waals surface area (Å²) in [5.74, 6) is 0. The largest absolute Gasteiger partial charge is 0.380 e. The maximum absolute atomic E-state index is 5.55. The van der Waals surface area contributed by atoms with E-state index in [-0.39, 0.29) is 0 Å². The zero-order chi connectivity index (χ0) is 12.1. The summed E-state index contributed by atoms with van der Waals surface area (Å²) in [7, 11) is 1.85. The van der Waals surface area contributed by atoms with Crippen molar-refractivity contribution in [2.75, 3.05) is 26.7 Å². The fourth-order valence-corrected chi connectivity index (χ4v) is 3.40. The number of hydrogen-bond acceptors (Lipinski definition) is 3. The van der Waals surface area contributed by atoms with E-state index in [2.05, 4.69) is 17.6 Å². The van der Waals surface area contributed by atoms with E-state index < -0.39 is 0 Å². The summed E-state index contributed by atoms with van der Waals surface area (Å²) in [4.78, 5) is 0. The molecule has 1 aliphatic carbocycles. The fourth-order valence-electron chi connectivity index (χ4n) is 3.40. The normalized spacial score (nSPS) is 38.5. The van der Waals surface area contributed by atoms with E-state index >= 15 is 0 Å². The van der Waals surface area contributed by atoms with Crippen LogP contribution in [0, 0.1) is 5.41 Å². The third-order valence-electron chi connectivity index (χ3n) is 4.81. The van der Waals surface area contributed by atoms with Gasteiger partial charge in [-0.3, -0.25) is 0 Å². The molecule has 1 aliphatic heterocycles. The SMILES string of the molecule is CCC1(CNC2CCCC2OC)CCCNC1. The van der Waals surface area contributed by atoms with Crippen LogP contribution in [0.3, 0.4) is 0 Å². The minimum absolute atomic E-state index is 0.445. The van der Waals surface area contributed by atoms with Crippen LogP contribution in [0.5, 0.6) is 0 Å². The third kappa shape index (κ3) is 3.21. The van der Waals surface area contributed by atoms with Gasteiger partial charge in [0.05, 0.1) is 6.10 Å². The van der Waals surface area contributed by atoms with Gasteiger partial charge in [-0.15, -0.1) is 0 Å². The van der Waals surface area contributed by atoms with Gasteiger partial charge in [0.2, 0.25) is 0 Å². The van der Waals surface area contributed by atoms with Crippen molar-refractivity contribution in [3.63, 3.8) is 0 Å². The quantitative estimate of drug-likeness (QED) is 0.770. The van der Waals surface area contributed by atoms with Crippen molar-refractivity contribution in [1.29, 1.82) is 0 Å². The summed E-state index contributed by atoms with van der Waals surface area (Å²) in [5.41, 5.74) is 0.485. The molecule has 3 nitrogen and oxygen atoms in total. The standard InChI is InChI=1S/C14H28N2O/c1-3-14(8-5-9-15-10-14)11-16-12-6-4-7-13(12)17-2/h12-13,15-16H,3-11H2,1-2H3. The second-order valence-electron chi connectivity index (χ2n) is 5.83. The lowest BCUT2D eigenvalue weighted by molar-refractivity contribution is 0.0770. The average Bonchev–Trinajstić information content (AvgIpc) is 2.85. The summed E-state index contributed by atoms with van der Waals surface area (Å²) in [6.45, 7) is 5.87. The van der Waals surface area contributed by atoms with Crippen LogP contribution in [0.2, 0.25) is 0 Å². The van der Waals surface area contributed by atoms with Gasteiger partial charge in [0.1, 0.15) is 0 Å². The molecule has 2 aliphatic rings. The van der Waals surface area contributed by atoms with Crippen LogP contribution in [-0.2, 0) is 4.74 Å². The van der Waals surface area contributed by atoms with Crippen molar-refractivity contribution in [2.24, 2.45) is 5.41 Å². The van der Waals surface area contributed by atoms with E-state index in [1.807, 2.05) is 7.11 Å². The Morgan fingerprint density at radius 3 is 2.88 bits per heavy atom. The van der Waals surface area contributed by atoms with Crippen molar-refractivity contribution in [2.45, 2.75) is 57.6 Å². The molecule has 2 fully saturated rings. The first kappa shape index (κ1) is 13.3. The van der Waals surface area contributed by atoms with Crippen LogP contribution in [-0.4, -0.2) is 38.9 Å². The monoisotopic (exact) mass is 240 g/mol. The summed E-state index contributed by atoms with van der Waals surface area (Å²) >= 11 is 0. The Balaban J connectivity index is 1.82. The summed E-state index contributed by atoms with van der Waals surface area (Å²) < 4.78 is 5.55. The van der Waals surface area contributed by atoms with Gasteiger partial charge in [0.15, 0.2) is 0 Å². The topological polar surface area (TPSA) is 33.3 Å². The molecule has 3 atom stereocenters. The molecule has 0 radical (unpaired) electrons. The molecule has 1 saturated heterocycles. The number of ether oxygens (including phenoxy) is 1. The van der Waals surface area contributed by atoms with Gasteiger partial charge in [-0.25, -0.2) is 0 Å². The molecule has 0 spiro atoms. The number of rotatable bonds is 5. The molecule has 0 aromatic rings. The highest BCUT2D eigenvalue weighted by atomic mass is 16.5. The van der Waals surface area contributed by atoms with Crippen LogP contribution < -0.4 is 10.6 Å². The van der Waals surface area contributed by atoms with Crippen molar-refractivity contribution >= 4 is 0 Å². The molecule has 0 aromatic heterocycles. The number of methoxy groups -OCH3 is 1. The van der Waals surface area contributed by atoms with Crippen molar-refractivity contribution < 1.29 is 4.74 Å². The van der Waals surface area contributed by atoms with E-state index in [0.29, 0.717) is 17.6 Å². The first-order chi connectivity index (χ1) is 8.29. The van der Waals surface area contributed by atoms with Crippen molar-refractivity contribution in [1.82, 2.24) is 10.6 Å². The van der Waals surface area contributed by atoms with Gasteiger partial charge in [-0.1, -0.05) is 6.92 Å². The molecular weight excluding hydrogens is 212 g/mol. The molecule has 0 bridgehead atoms. The Bertz CT molecular complexity index is 226. The minimum Gasteiger partial charge on any atom is -0.380 e. The zero-order valence-electron chi connectivity index (χ0n) is 11.4. The molecule has 1 heterocycles. The second kappa shape index (κ2) is 6.17. The van der Waals surface area contributed by atoms with Crippen LogP contribution in [0.15, 0.2) is 0 Å². The molecule has 17 heavy (non-hydrogen) atoms. The Kier molecular flexibility index (Phi) is 4.83. The minimum atomic E-state index is 0.445. The number of hydrogen-bond donors (Lipinski definition) is 2. The molecule has 2 N–H and O–H groups in total. The molecule has 1 saturated carbocycles. The maximum Gasteiger partial charge on any atom is 0.0724 e. The lowest BCUT2D eigenvalue weighted by Crippen LogP contribution is -2.49. The fraction of sp³-hybridized carbons (Fsp3) is 1.00. The highest BCUT2D eigenvalue weighted by molar-refractivity contribution is 4.90. The molecule has 3 heteroatoms. The molecule has 3 unspecified atom stereocenters. The number of nitrogens with one attached hydrogen (secondary N) is 2. The van der Waals surface area contributed by atoms with E-state index in [4.69, 9.17) is 4.74 Å². The van der Waals surface area contributed by atoms with Crippen LogP contribution in [0.25, 0.3) is 0 Å². The first-order valence-electron chi connectivity index (χ1n) is 7.26. The predicted molar refractivity (Wildman–Crippen MR) is 71.3 cm³/mol. The van der Waals surface area contributed by atoms with Gasteiger partial charge >= 0.3 is 0 Å². The van der Waals surface area contributed by atoms with Gasteiger partial charge in [-0.05, 0) is 50.5 Å². The first-order valence-corrected chi connectivity index (χ1v) is 7.26. The molecule has 0 amide bonds. The van der Waals surface area contributed by atoms with Crippen LogP contribution in [0.1, 0.15) is 45.4 Å². The molecule has 100 valence electrons. The highest BCUT2D eigenvalue weighted by Gasteiger charge is 2.33. The van der Waals surface area contributed by atoms with Crippen molar-refractivity contribution in [3.05, 3.63) is 0 Å². The van der Waals surface area contributed by atoms with E-state index in [9.17, 15) is 0 Å². The molecule has 2 rings (SSSR count).